The van der Waals surface area contributed by atoms with Crippen LogP contribution in [0.25, 0.3) is 0 Å². The Morgan fingerprint density at radius 2 is 1.90 bits per heavy atom. The van der Waals surface area contributed by atoms with Gasteiger partial charge in [0, 0.05) is 0 Å². The molecule has 0 aromatic heterocycles. The van der Waals surface area contributed by atoms with Crippen LogP contribution < -0.4 is 9.46 Å². The Bertz CT molecular complexity index is 654. The average molecular weight is 317 g/mol. The first-order valence-corrected chi connectivity index (χ1v) is 7.22. The van der Waals surface area contributed by atoms with Gasteiger partial charge in [0.15, 0.2) is 0 Å². The van der Waals surface area contributed by atoms with E-state index in [0.29, 0.717) is 0 Å². The van der Waals surface area contributed by atoms with Crippen LogP contribution in [0.4, 0.5) is 0 Å². The van der Waals surface area contributed by atoms with Crippen molar-refractivity contribution in [2.24, 2.45) is 0 Å². The van der Waals surface area contributed by atoms with E-state index in [1.165, 1.54) is 33.3 Å². The topological polar surface area (TPSA) is 119 Å². The minimum absolute atomic E-state index is 0.0945. The van der Waals surface area contributed by atoms with Crippen LogP contribution in [0.3, 0.4) is 0 Å². The van der Waals surface area contributed by atoms with Crippen molar-refractivity contribution in [2.45, 2.75) is 17.9 Å². The molecule has 2 N–H and O–H groups in total. The van der Waals surface area contributed by atoms with Crippen molar-refractivity contribution in [3.63, 3.8) is 0 Å². The standard InChI is InChI=1S/C12H15NO7S/c1-7(11(14)15)13-21(17,18)10-5-4-8(12(16)20-3)6-9(10)19-2/h4-7,13H,1-3H3,(H,14,15)/t7-/m0/s1. The fourth-order valence-electron chi connectivity index (χ4n) is 1.48. The Morgan fingerprint density at radius 3 is 2.38 bits per heavy atom. The summed E-state index contributed by atoms with van der Waals surface area (Å²) in [7, 11) is -1.68. The van der Waals surface area contributed by atoms with Gasteiger partial charge in [0.05, 0.1) is 19.8 Å². The number of hydrogen-bond acceptors (Lipinski definition) is 6. The summed E-state index contributed by atoms with van der Waals surface area (Å²) < 4.78 is 35.7. The number of sulfonamides is 1. The summed E-state index contributed by atoms with van der Waals surface area (Å²) in [6, 6.07) is 2.28. The van der Waals surface area contributed by atoms with Crippen LogP contribution in [0.15, 0.2) is 23.1 Å². The molecular weight excluding hydrogens is 302 g/mol. The summed E-state index contributed by atoms with van der Waals surface area (Å²) in [6.07, 6.45) is 0. The SMILES string of the molecule is COC(=O)c1ccc(S(=O)(=O)N[C@@H](C)C(=O)O)c(OC)c1. The Morgan fingerprint density at radius 1 is 1.29 bits per heavy atom. The predicted octanol–water partition coefficient (Wildman–Crippen LogP) is 0.233. The van der Waals surface area contributed by atoms with Gasteiger partial charge in [0.2, 0.25) is 10.0 Å². The summed E-state index contributed by atoms with van der Waals surface area (Å²) in [5.74, 6) is -2.06. The van der Waals surface area contributed by atoms with Gasteiger partial charge in [-0.25, -0.2) is 13.2 Å². The summed E-state index contributed by atoms with van der Waals surface area (Å²) in [5.41, 5.74) is 0.111. The Balaban J connectivity index is 3.24. The normalized spacial score (nSPS) is 12.5. The van der Waals surface area contributed by atoms with E-state index >= 15 is 0 Å². The maximum absolute atomic E-state index is 12.1. The minimum atomic E-state index is -4.10. The second-order valence-electron chi connectivity index (χ2n) is 4.04. The van der Waals surface area contributed by atoms with E-state index in [2.05, 4.69) is 4.74 Å². The van der Waals surface area contributed by atoms with Crippen LogP contribution in [0.2, 0.25) is 0 Å². The number of carbonyl (C=O) groups is 2. The summed E-state index contributed by atoms with van der Waals surface area (Å²) in [6.45, 7) is 1.19. The zero-order valence-electron chi connectivity index (χ0n) is 11.6. The van der Waals surface area contributed by atoms with Crippen LogP contribution in [-0.2, 0) is 19.6 Å². The zero-order valence-corrected chi connectivity index (χ0v) is 12.4. The molecule has 0 aliphatic rings. The highest BCUT2D eigenvalue weighted by Crippen LogP contribution is 2.25. The van der Waals surface area contributed by atoms with E-state index in [4.69, 9.17) is 9.84 Å². The molecule has 0 amide bonds. The number of aliphatic carboxylic acids is 1. The molecule has 0 fully saturated rings. The van der Waals surface area contributed by atoms with Crippen LogP contribution >= 0.6 is 0 Å². The van der Waals surface area contributed by atoms with Crippen LogP contribution in [0.1, 0.15) is 17.3 Å². The second kappa shape index (κ2) is 6.55. The third-order valence-corrected chi connectivity index (χ3v) is 4.16. The van der Waals surface area contributed by atoms with Gasteiger partial charge in [-0.05, 0) is 25.1 Å². The summed E-state index contributed by atoms with van der Waals surface area (Å²) in [5, 5.41) is 8.75. The lowest BCUT2D eigenvalue weighted by Gasteiger charge is -2.13. The first-order valence-electron chi connectivity index (χ1n) is 5.74. The van der Waals surface area contributed by atoms with Gasteiger partial charge in [-0.1, -0.05) is 0 Å². The largest absolute Gasteiger partial charge is 0.495 e. The molecule has 0 saturated heterocycles. The lowest BCUT2D eigenvalue weighted by Crippen LogP contribution is -2.38. The van der Waals surface area contributed by atoms with Crippen molar-refractivity contribution in [2.75, 3.05) is 14.2 Å². The van der Waals surface area contributed by atoms with Crippen LogP contribution in [0.5, 0.6) is 5.75 Å². The highest BCUT2D eigenvalue weighted by molar-refractivity contribution is 7.89. The molecule has 0 radical (unpaired) electrons. The smallest absolute Gasteiger partial charge is 0.337 e. The number of carboxylic acid groups (broad SMARTS) is 1. The van der Waals surface area contributed by atoms with Crippen molar-refractivity contribution >= 4 is 22.0 Å². The molecule has 0 spiro atoms. The number of carboxylic acids is 1. The molecule has 1 aromatic rings. The zero-order chi connectivity index (χ0) is 16.2. The molecule has 0 unspecified atom stereocenters. The van der Waals surface area contributed by atoms with Crippen molar-refractivity contribution in [1.82, 2.24) is 4.72 Å². The molecule has 116 valence electrons. The highest BCUT2D eigenvalue weighted by Gasteiger charge is 2.25. The number of carbonyl (C=O) groups excluding carboxylic acids is 1. The minimum Gasteiger partial charge on any atom is -0.495 e. The number of methoxy groups -OCH3 is 2. The van der Waals surface area contributed by atoms with E-state index in [1.54, 1.807) is 0 Å². The van der Waals surface area contributed by atoms with Gasteiger partial charge < -0.3 is 14.6 Å². The number of esters is 1. The molecule has 0 bridgehead atoms. The number of benzene rings is 1. The number of rotatable bonds is 6. The maximum atomic E-state index is 12.1. The van der Waals surface area contributed by atoms with Gasteiger partial charge in [0.25, 0.3) is 0 Å². The first-order chi connectivity index (χ1) is 9.72. The fraction of sp³-hybridized carbons (Fsp3) is 0.333. The van der Waals surface area contributed by atoms with Crippen molar-refractivity contribution in [3.05, 3.63) is 23.8 Å². The average Bonchev–Trinajstić information content (AvgIpc) is 2.44. The molecule has 0 heterocycles. The third-order valence-electron chi connectivity index (χ3n) is 2.58. The van der Waals surface area contributed by atoms with Crippen LogP contribution in [0, 0.1) is 0 Å². The number of ether oxygens (including phenoxy) is 2. The van der Waals surface area contributed by atoms with Gasteiger partial charge in [-0.15, -0.1) is 0 Å². The fourth-order valence-corrected chi connectivity index (χ4v) is 2.83. The molecule has 1 aromatic carbocycles. The van der Waals surface area contributed by atoms with Gasteiger partial charge in [-0.3, -0.25) is 4.79 Å². The van der Waals surface area contributed by atoms with Gasteiger partial charge in [-0.2, -0.15) is 4.72 Å². The van der Waals surface area contributed by atoms with Crippen molar-refractivity contribution in [3.8, 4) is 5.75 Å². The number of nitrogens with one attached hydrogen (secondary N) is 1. The van der Waals surface area contributed by atoms with Crippen LogP contribution in [-0.4, -0.2) is 45.7 Å². The number of hydrogen-bond donors (Lipinski definition) is 2. The highest BCUT2D eigenvalue weighted by atomic mass is 32.2. The van der Waals surface area contributed by atoms with Crippen molar-refractivity contribution in [1.29, 1.82) is 0 Å². The molecule has 0 aliphatic heterocycles. The molecule has 21 heavy (non-hydrogen) atoms. The summed E-state index contributed by atoms with van der Waals surface area (Å²) in [4.78, 5) is 21.8. The molecule has 0 aliphatic carbocycles. The quantitative estimate of drug-likeness (QED) is 0.721. The predicted molar refractivity (Wildman–Crippen MR) is 71.8 cm³/mol. The molecule has 9 heteroatoms. The van der Waals surface area contributed by atoms with E-state index in [-0.39, 0.29) is 16.2 Å². The first kappa shape index (κ1) is 16.9. The lowest BCUT2D eigenvalue weighted by atomic mass is 10.2. The van der Waals surface area contributed by atoms with E-state index in [9.17, 15) is 18.0 Å². The lowest BCUT2D eigenvalue weighted by molar-refractivity contribution is -0.138. The van der Waals surface area contributed by atoms with Gasteiger partial charge in [0.1, 0.15) is 16.7 Å². The molecule has 8 nitrogen and oxygen atoms in total. The Kier molecular flexibility index (Phi) is 5.28. The molecule has 0 saturated carbocycles. The van der Waals surface area contributed by atoms with E-state index in [1.807, 2.05) is 4.72 Å². The molecular formula is C12H15NO7S. The molecule has 1 rings (SSSR count). The molecule has 1 atom stereocenters. The van der Waals surface area contributed by atoms with E-state index < -0.39 is 28.0 Å². The van der Waals surface area contributed by atoms with E-state index in [0.717, 1.165) is 6.07 Å². The Labute approximate surface area is 121 Å². The summed E-state index contributed by atoms with van der Waals surface area (Å²) >= 11 is 0. The Hall–Kier alpha value is -2.13. The second-order valence-corrected chi connectivity index (χ2v) is 5.72. The third kappa shape index (κ3) is 3.92. The monoisotopic (exact) mass is 317 g/mol. The maximum Gasteiger partial charge on any atom is 0.337 e. The van der Waals surface area contributed by atoms with Crippen molar-refractivity contribution < 1.29 is 32.6 Å². The van der Waals surface area contributed by atoms with Gasteiger partial charge >= 0.3 is 11.9 Å².